The van der Waals surface area contributed by atoms with Crippen LogP contribution in [0.3, 0.4) is 0 Å². The summed E-state index contributed by atoms with van der Waals surface area (Å²) in [5.74, 6) is 0.841. The molecule has 1 saturated heterocycles. The summed E-state index contributed by atoms with van der Waals surface area (Å²) in [6.07, 6.45) is 7.33. The van der Waals surface area contributed by atoms with Crippen molar-refractivity contribution in [3.05, 3.63) is 77.8 Å². The molecule has 4 rings (SSSR count). The van der Waals surface area contributed by atoms with Crippen LogP contribution in [0.25, 0.3) is 0 Å². The van der Waals surface area contributed by atoms with Gasteiger partial charge in [0.1, 0.15) is 11.9 Å². The van der Waals surface area contributed by atoms with Crippen LogP contribution in [0, 0.1) is 0 Å². The number of halogens is 1. The van der Waals surface area contributed by atoms with Gasteiger partial charge < -0.3 is 19.1 Å². The second kappa shape index (κ2) is 11.4. The van der Waals surface area contributed by atoms with Crippen molar-refractivity contribution in [3.63, 3.8) is 0 Å². The molecular weight excluding hydrogens is 458 g/mol. The minimum atomic E-state index is -0.0686. The Bertz CT molecular complexity index is 1010. The van der Waals surface area contributed by atoms with Crippen LogP contribution in [-0.4, -0.2) is 52.0 Å². The van der Waals surface area contributed by atoms with Gasteiger partial charge in [-0.05, 0) is 54.8 Å². The number of imidazole rings is 1. The van der Waals surface area contributed by atoms with Gasteiger partial charge >= 0.3 is 0 Å². The van der Waals surface area contributed by atoms with E-state index in [0.717, 1.165) is 60.9 Å². The summed E-state index contributed by atoms with van der Waals surface area (Å²) in [7, 11) is 0. The van der Waals surface area contributed by atoms with Crippen LogP contribution in [0.4, 0.5) is 10.5 Å². The van der Waals surface area contributed by atoms with Crippen molar-refractivity contribution in [3.8, 4) is 5.75 Å². The maximum atomic E-state index is 11.7. The molecule has 33 heavy (non-hydrogen) atoms. The van der Waals surface area contributed by atoms with E-state index >= 15 is 0 Å². The summed E-state index contributed by atoms with van der Waals surface area (Å²) in [6, 6.07) is 16.2. The Morgan fingerprint density at radius 2 is 1.82 bits per heavy atom. The zero-order valence-electron chi connectivity index (χ0n) is 18.3. The quantitative estimate of drug-likeness (QED) is 0.474. The summed E-state index contributed by atoms with van der Waals surface area (Å²) in [4.78, 5) is 20.0. The lowest BCUT2D eigenvalue weighted by atomic mass is 10.1. The van der Waals surface area contributed by atoms with E-state index in [1.54, 1.807) is 11.1 Å². The third-order valence-electron chi connectivity index (χ3n) is 5.79. The molecule has 0 bridgehead atoms. The van der Waals surface area contributed by atoms with Crippen LogP contribution in [0.2, 0.25) is 5.02 Å². The molecule has 1 aromatic heterocycles. The molecule has 1 amide bonds. The number of nitrogens with two attached hydrogens (primary N) is 1. The van der Waals surface area contributed by atoms with Crippen LogP contribution in [0.5, 0.6) is 5.75 Å². The maximum absolute atomic E-state index is 11.7. The van der Waals surface area contributed by atoms with Crippen molar-refractivity contribution in [2.45, 2.75) is 25.5 Å². The number of piperazine rings is 1. The number of aromatic nitrogens is 2. The monoisotopic (exact) mass is 485 g/mol. The molecular formula is C24H28ClN5O2S. The van der Waals surface area contributed by atoms with Gasteiger partial charge in [0.15, 0.2) is 0 Å². The maximum Gasteiger partial charge on any atom is 0.296 e. The molecule has 1 unspecified atom stereocenters. The Kier molecular flexibility index (Phi) is 8.15. The topological polar surface area (TPSA) is 76.6 Å². The first-order valence-electron chi connectivity index (χ1n) is 11.0. The molecule has 2 aromatic carbocycles. The summed E-state index contributed by atoms with van der Waals surface area (Å²) in [5.41, 5.74) is 2.36. The lowest BCUT2D eigenvalue weighted by Crippen LogP contribution is -2.47. The molecule has 1 aliphatic rings. The number of anilines is 1. The molecule has 1 fully saturated rings. The van der Waals surface area contributed by atoms with Crippen molar-refractivity contribution in [2.24, 2.45) is 5.14 Å². The summed E-state index contributed by atoms with van der Waals surface area (Å²) in [5, 5.41) is 6.07. The third kappa shape index (κ3) is 6.66. The zero-order valence-corrected chi connectivity index (χ0v) is 19.9. The molecule has 0 aliphatic carbocycles. The van der Waals surface area contributed by atoms with Crippen molar-refractivity contribution in [1.29, 1.82) is 0 Å². The Balaban J connectivity index is 1.36. The molecule has 9 heteroatoms. The molecule has 0 spiro atoms. The van der Waals surface area contributed by atoms with E-state index in [1.807, 2.05) is 41.4 Å². The normalized spacial score (nSPS) is 14.8. The molecule has 0 radical (unpaired) electrons. The molecule has 174 valence electrons. The molecule has 0 saturated carbocycles. The summed E-state index contributed by atoms with van der Waals surface area (Å²) < 4.78 is 8.42. The number of rotatable bonds is 8. The van der Waals surface area contributed by atoms with Crippen LogP contribution in [0.1, 0.15) is 12.0 Å². The number of aryl methyl sites for hydroxylation is 1. The number of hydrogen-bond acceptors (Lipinski definition) is 6. The third-order valence-corrected chi connectivity index (χ3v) is 6.50. The minimum absolute atomic E-state index is 0.00375. The van der Waals surface area contributed by atoms with Crippen molar-refractivity contribution < 1.29 is 9.53 Å². The number of amides is 1. The van der Waals surface area contributed by atoms with Crippen LogP contribution in [0.15, 0.2) is 67.3 Å². The van der Waals surface area contributed by atoms with E-state index in [0.29, 0.717) is 13.1 Å². The fourth-order valence-electron chi connectivity index (χ4n) is 3.95. The number of ether oxygens (including phenoxy) is 1. The molecule has 1 atom stereocenters. The Morgan fingerprint density at radius 3 is 2.45 bits per heavy atom. The van der Waals surface area contributed by atoms with Crippen molar-refractivity contribution in [1.82, 2.24) is 14.5 Å². The van der Waals surface area contributed by atoms with Gasteiger partial charge in [0.05, 0.1) is 12.9 Å². The van der Waals surface area contributed by atoms with Crippen LogP contribution >= 0.6 is 23.5 Å². The van der Waals surface area contributed by atoms with Crippen LogP contribution < -0.4 is 14.8 Å². The highest BCUT2D eigenvalue weighted by Crippen LogP contribution is 2.23. The Labute approximate surface area is 203 Å². The largest absolute Gasteiger partial charge is 0.489 e. The molecule has 1 aliphatic heterocycles. The first-order valence-corrected chi connectivity index (χ1v) is 12.2. The zero-order chi connectivity index (χ0) is 23.0. The fraction of sp³-hybridized carbons (Fsp3) is 0.333. The van der Waals surface area contributed by atoms with E-state index in [4.69, 9.17) is 21.5 Å². The van der Waals surface area contributed by atoms with Crippen molar-refractivity contribution >= 4 is 34.5 Å². The minimum Gasteiger partial charge on any atom is -0.489 e. The Hall–Kier alpha value is -2.68. The second-order valence-corrected chi connectivity index (χ2v) is 9.04. The standard InChI is InChI=1S/C24H28ClN5O2S/c25-20-4-1-19(2-5-20)3-8-23(17-28-12-11-27-18-28)32-22-9-6-21(7-10-22)29-13-15-30(16-14-29)24(31)33-26/h1-2,4-7,9-12,18,23H,3,8,13-17,26H2. The van der Waals surface area contributed by atoms with Gasteiger partial charge in [-0.25, -0.2) is 4.98 Å². The van der Waals surface area contributed by atoms with E-state index in [9.17, 15) is 4.79 Å². The number of nitrogens with zero attached hydrogens (tertiary/aromatic N) is 4. The lowest BCUT2D eigenvalue weighted by molar-refractivity contribution is 0.170. The number of carbonyl (C=O) groups excluding carboxylic acids is 1. The first-order chi connectivity index (χ1) is 16.1. The van der Waals surface area contributed by atoms with Crippen molar-refractivity contribution in [2.75, 3.05) is 31.1 Å². The van der Waals surface area contributed by atoms with Gasteiger partial charge in [-0.2, -0.15) is 0 Å². The Morgan fingerprint density at radius 1 is 1.09 bits per heavy atom. The number of carbonyl (C=O) groups is 1. The molecule has 2 heterocycles. The average Bonchev–Trinajstić information content (AvgIpc) is 3.37. The summed E-state index contributed by atoms with van der Waals surface area (Å²) in [6.45, 7) is 3.66. The van der Waals surface area contributed by atoms with Gasteiger partial charge in [0, 0.05) is 61.2 Å². The predicted molar refractivity (Wildman–Crippen MR) is 134 cm³/mol. The SMILES string of the molecule is NSC(=O)N1CCN(c2ccc(OC(CCc3ccc(Cl)cc3)Cn3ccnc3)cc2)CC1. The second-order valence-electron chi connectivity index (χ2n) is 8.02. The number of benzene rings is 2. The van der Waals surface area contributed by atoms with E-state index in [-0.39, 0.29) is 11.3 Å². The van der Waals surface area contributed by atoms with Gasteiger partial charge in [-0.15, -0.1) is 0 Å². The molecule has 2 N–H and O–H groups in total. The predicted octanol–water partition coefficient (Wildman–Crippen LogP) is 4.47. The van der Waals surface area contributed by atoms with Gasteiger partial charge in [-0.3, -0.25) is 9.93 Å². The number of hydrogen-bond donors (Lipinski definition) is 1. The van der Waals surface area contributed by atoms with Gasteiger partial charge in [0.25, 0.3) is 5.24 Å². The van der Waals surface area contributed by atoms with Crippen LogP contribution in [-0.2, 0) is 13.0 Å². The van der Waals surface area contributed by atoms with Gasteiger partial charge in [0.2, 0.25) is 0 Å². The highest BCUT2D eigenvalue weighted by Gasteiger charge is 2.21. The van der Waals surface area contributed by atoms with Gasteiger partial charge in [-0.1, -0.05) is 23.7 Å². The highest BCUT2D eigenvalue weighted by atomic mass is 35.5. The fourth-order valence-corrected chi connectivity index (χ4v) is 4.40. The van der Waals surface area contributed by atoms with E-state index in [2.05, 4.69) is 34.1 Å². The highest BCUT2D eigenvalue weighted by molar-refractivity contribution is 8.11. The molecule has 7 nitrogen and oxygen atoms in total. The lowest BCUT2D eigenvalue weighted by Gasteiger charge is -2.35. The van der Waals surface area contributed by atoms with E-state index < -0.39 is 0 Å². The summed E-state index contributed by atoms with van der Waals surface area (Å²) >= 11 is 6.79. The van der Waals surface area contributed by atoms with E-state index in [1.165, 1.54) is 5.56 Å². The first kappa shape index (κ1) is 23.5. The molecule has 3 aromatic rings. The average molecular weight is 486 g/mol. The smallest absolute Gasteiger partial charge is 0.296 e.